The number of amides is 1. The van der Waals surface area contributed by atoms with Crippen LogP contribution in [0.25, 0.3) is 17.4 Å². The number of carbonyl (C=O) groups excluding carboxylic acids is 1. The molecule has 30 heavy (non-hydrogen) atoms. The molecule has 1 saturated heterocycles. The number of halogens is 2. The number of para-hydroxylation sites is 1. The summed E-state index contributed by atoms with van der Waals surface area (Å²) in [4.78, 5) is 28.2. The van der Waals surface area contributed by atoms with Gasteiger partial charge >= 0.3 is 5.97 Å². The molecule has 0 unspecified atom stereocenters. The summed E-state index contributed by atoms with van der Waals surface area (Å²) in [5, 5.41) is 13.1. The van der Waals surface area contributed by atoms with Crippen LogP contribution in [0.3, 0.4) is 0 Å². The summed E-state index contributed by atoms with van der Waals surface area (Å²) < 4.78 is 5.76. The van der Waals surface area contributed by atoms with Crippen molar-refractivity contribution in [1.82, 2.24) is 5.32 Å². The number of carbonyl (C=O) groups is 2. The first-order valence-corrected chi connectivity index (χ1v) is 10.1. The van der Waals surface area contributed by atoms with Crippen LogP contribution in [0, 0.1) is 0 Å². The summed E-state index contributed by atoms with van der Waals surface area (Å²) >= 11 is 13.4. The van der Waals surface area contributed by atoms with Gasteiger partial charge in [-0.05, 0) is 54.2 Å². The molecule has 0 atom stereocenters. The number of benzene rings is 2. The van der Waals surface area contributed by atoms with Crippen LogP contribution in [0.5, 0.6) is 0 Å². The average molecular weight is 459 g/mol. The molecule has 9 heteroatoms. The molecule has 4 rings (SSSR count). The monoisotopic (exact) mass is 458 g/mol. The number of amidine groups is 1. The van der Waals surface area contributed by atoms with Gasteiger partial charge in [-0.3, -0.25) is 4.79 Å². The minimum atomic E-state index is -1.06. The molecule has 0 spiro atoms. The quantitative estimate of drug-likeness (QED) is 0.478. The topological polar surface area (TPSA) is 91.9 Å². The Labute approximate surface area is 185 Å². The molecule has 1 amide bonds. The average Bonchev–Trinajstić information content (AvgIpc) is 3.31. The number of nitrogens with one attached hydrogen (secondary N) is 1. The Balaban J connectivity index is 1.59. The second kappa shape index (κ2) is 8.39. The SMILES string of the molecule is O=C1NC(=Nc2ccccc2Cl)SC1=Cc1ccc(-c2cc(C(=O)O)ccc2Cl)o1. The van der Waals surface area contributed by atoms with Gasteiger partial charge in [-0.15, -0.1) is 0 Å². The van der Waals surface area contributed by atoms with E-state index in [1.807, 2.05) is 0 Å². The molecule has 0 bridgehead atoms. The number of hydrogen-bond donors (Lipinski definition) is 2. The minimum Gasteiger partial charge on any atom is -0.478 e. The number of carboxylic acids is 1. The van der Waals surface area contributed by atoms with E-state index in [0.29, 0.717) is 42.9 Å². The Bertz CT molecular complexity index is 1230. The summed E-state index contributed by atoms with van der Waals surface area (Å²) in [6.07, 6.45) is 1.58. The van der Waals surface area contributed by atoms with Crippen LogP contribution in [-0.4, -0.2) is 22.2 Å². The van der Waals surface area contributed by atoms with E-state index in [0.717, 1.165) is 11.8 Å². The van der Waals surface area contributed by atoms with Crippen LogP contribution in [-0.2, 0) is 4.79 Å². The highest BCUT2D eigenvalue weighted by Gasteiger charge is 2.24. The number of furan rings is 1. The molecule has 1 aliphatic heterocycles. The second-order valence-corrected chi connectivity index (χ2v) is 7.98. The zero-order chi connectivity index (χ0) is 21.3. The molecule has 0 aliphatic carbocycles. The number of aliphatic imine (C=N–C) groups is 1. The first-order chi connectivity index (χ1) is 14.4. The van der Waals surface area contributed by atoms with Crippen molar-refractivity contribution in [3.63, 3.8) is 0 Å². The van der Waals surface area contributed by atoms with E-state index in [2.05, 4.69) is 10.3 Å². The lowest BCUT2D eigenvalue weighted by Gasteiger charge is -2.02. The normalized spacial score (nSPS) is 16.3. The van der Waals surface area contributed by atoms with Crippen molar-refractivity contribution < 1.29 is 19.1 Å². The number of aromatic carboxylic acids is 1. The highest BCUT2D eigenvalue weighted by atomic mass is 35.5. The largest absolute Gasteiger partial charge is 0.478 e. The Morgan fingerprint density at radius 3 is 2.67 bits per heavy atom. The zero-order valence-electron chi connectivity index (χ0n) is 15.1. The van der Waals surface area contributed by atoms with Crippen LogP contribution in [0.1, 0.15) is 16.1 Å². The van der Waals surface area contributed by atoms with E-state index < -0.39 is 5.97 Å². The Hall–Kier alpha value is -3.00. The molecule has 150 valence electrons. The van der Waals surface area contributed by atoms with Crippen molar-refractivity contribution in [2.45, 2.75) is 0 Å². The fourth-order valence-corrected chi connectivity index (χ4v) is 3.89. The van der Waals surface area contributed by atoms with Gasteiger partial charge in [0.05, 0.1) is 26.2 Å². The highest BCUT2D eigenvalue weighted by molar-refractivity contribution is 8.18. The molecular formula is C21H12Cl2N2O4S. The van der Waals surface area contributed by atoms with Gasteiger partial charge in [0.1, 0.15) is 11.5 Å². The van der Waals surface area contributed by atoms with Gasteiger partial charge in [0.15, 0.2) is 5.17 Å². The molecule has 1 aromatic heterocycles. The molecule has 0 radical (unpaired) electrons. The van der Waals surface area contributed by atoms with Crippen LogP contribution < -0.4 is 5.32 Å². The zero-order valence-corrected chi connectivity index (χ0v) is 17.4. The van der Waals surface area contributed by atoms with Crippen molar-refractivity contribution in [3.8, 4) is 11.3 Å². The predicted molar refractivity (Wildman–Crippen MR) is 118 cm³/mol. The van der Waals surface area contributed by atoms with Gasteiger partial charge in [0, 0.05) is 11.6 Å². The second-order valence-electron chi connectivity index (χ2n) is 6.13. The fraction of sp³-hybridized carbons (Fsp3) is 0. The lowest BCUT2D eigenvalue weighted by atomic mass is 10.1. The van der Waals surface area contributed by atoms with E-state index in [1.165, 1.54) is 18.2 Å². The molecular weight excluding hydrogens is 447 g/mol. The van der Waals surface area contributed by atoms with Gasteiger partial charge < -0.3 is 14.8 Å². The standard InChI is InChI=1S/C21H12Cl2N2O4S/c22-14-7-5-11(20(27)28)9-13(14)17-8-6-12(29-17)10-18-19(26)25-21(30-18)24-16-4-2-1-3-15(16)23/h1-10H,(H,27,28)(H,24,25,26). The van der Waals surface area contributed by atoms with Crippen LogP contribution in [0.4, 0.5) is 5.69 Å². The molecule has 1 fully saturated rings. The first kappa shape index (κ1) is 20.3. The number of nitrogens with zero attached hydrogens (tertiary/aromatic N) is 1. The number of rotatable bonds is 4. The lowest BCUT2D eigenvalue weighted by molar-refractivity contribution is -0.115. The lowest BCUT2D eigenvalue weighted by Crippen LogP contribution is -2.19. The van der Waals surface area contributed by atoms with Gasteiger partial charge in [-0.2, -0.15) is 0 Å². The maximum Gasteiger partial charge on any atom is 0.335 e. The molecule has 2 N–H and O–H groups in total. The Morgan fingerprint density at radius 2 is 1.90 bits per heavy atom. The fourth-order valence-electron chi connectivity index (χ4n) is 2.68. The first-order valence-electron chi connectivity index (χ1n) is 8.58. The van der Waals surface area contributed by atoms with E-state index in [9.17, 15) is 9.59 Å². The predicted octanol–water partition coefficient (Wildman–Crippen LogP) is 5.84. The third kappa shape index (κ3) is 4.28. The molecule has 3 aromatic rings. The summed E-state index contributed by atoms with van der Waals surface area (Å²) in [7, 11) is 0. The highest BCUT2D eigenvalue weighted by Crippen LogP contribution is 2.34. The third-order valence-electron chi connectivity index (χ3n) is 4.10. The van der Waals surface area contributed by atoms with Gasteiger partial charge in [0.2, 0.25) is 0 Å². The molecule has 2 aromatic carbocycles. The summed E-state index contributed by atoms with van der Waals surface area (Å²) in [5.41, 5.74) is 1.10. The Morgan fingerprint density at radius 1 is 1.10 bits per heavy atom. The smallest absolute Gasteiger partial charge is 0.335 e. The van der Waals surface area contributed by atoms with E-state index >= 15 is 0 Å². The Kier molecular flexibility index (Phi) is 5.67. The van der Waals surface area contributed by atoms with Crippen molar-refractivity contribution in [3.05, 3.63) is 80.9 Å². The number of carboxylic acid groups (broad SMARTS) is 1. The van der Waals surface area contributed by atoms with E-state index in [-0.39, 0.29) is 11.5 Å². The molecule has 2 heterocycles. The summed E-state index contributed by atoms with van der Waals surface area (Å²) in [6.45, 7) is 0. The van der Waals surface area contributed by atoms with Gasteiger partial charge in [-0.25, -0.2) is 9.79 Å². The number of thioether (sulfide) groups is 1. The van der Waals surface area contributed by atoms with E-state index in [1.54, 1.807) is 42.5 Å². The van der Waals surface area contributed by atoms with Crippen LogP contribution in [0.15, 0.2) is 68.9 Å². The number of hydrogen-bond acceptors (Lipinski definition) is 5. The van der Waals surface area contributed by atoms with Gasteiger partial charge in [-0.1, -0.05) is 35.3 Å². The molecule has 1 aliphatic rings. The van der Waals surface area contributed by atoms with Crippen molar-refractivity contribution in [2.24, 2.45) is 4.99 Å². The van der Waals surface area contributed by atoms with Crippen molar-refractivity contribution in [2.75, 3.05) is 0 Å². The maximum atomic E-state index is 12.3. The van der Waals surface area contributed by atoms with Crippen molar-refractivity contribution >= 4 is 63.8 Å². The minimum absolute atomic E-state index is 0.0943. The summed E-state index contributed by atoms with van der Waals surface area (Å²) in [5.74, 6) is -0.567. The van der Waals surface area contributed by atoms with Crippen LogP contribution >= 0.6 is 35.0 Å². The van der Waals surface area contributed by atoms with E-state index in [4.69, 9.17) is 32.7 Å². The van der Waals surface area contributed by atoms with Crippen molar-refractivity contribution in [1.29, 1.82) is 0 Å². The summed E-state index contributed by atoms with van der Waals surface area (Å²) in [6, 6.07) is 14.7. The van der Waals surface area contributed by atoms with Gasteiger partial charge in [0.25, 0.3) is 5.91 Å². The molecule has 6 nitrogen and oxygen atoms in total. The third-order valence-corrected chi connectivity index (χ3v) is 5.66. The van der Waals surface area contributed by atoms with Crippen LogP contribution in [0.2, 0.25) is 10.0 Å². The maximum absolute atomic E-state index is 12.3. The molecule has 0 saturated carbocycles.